The number of nitro benzene ring substituents is 1. The molecule has 1 saturated heterocycles. The Hall–Kier alpha value is -2.73. The summed E-state index contributed by atoms with van der Waals surface area (Å²) in [5, 5.41) is 10.9. The molecule has 6 heteroatoms. The number of benzene rings is 2. The van der Waals surface area contributed by atoms with Crippen LogP contribution in [-0.2, 0) is 11.3 Å². The second-order valence-corrected chi connectivity index (χ2v) is 7.28. The van der Waals surface area contributed by atoms with Gasteiger partial charge in [0.2, 0.25) is 5.91 Å². The van der Waals surface area contributed by atoms with Crippen LogP contribution in [0, 0.1) is 10.1 Å². The van der Waals surface area contributed by atoms with Crippen LogP contribution in [0.4, 0.5) is 5.69 Å². The highest BCUT2D eigenvalue weighted by atomic mass is 16.6. The van der Waals surface area contributed by atoms with Crippen LogP contribution in [0.25, 0.3) is 0 Å². The first-order valence-electron chi connectivity index (χ1n) is 9.88. The van der Waals surface area contributed by atoms with E-state index in [1.54, 1.807) is 12.1 Å². The van der Waals surface area contributed by atoms with Gasteiger partial charge in [0.15, 0.2) is 0 Å². The van der Waals surface area contributed by atoms with E-state index in [0.717, 1.165) is 37.1 Å². The van der Waals surface area contributed by atoms with Crippen molar-refractivity contribution in [2.45, 2.75) is 32.2 Å². The zero-order valence-corrected chi connectivity index (χ0v) is 16.3. The third-order valence-electron chi connectivity index (χ3n) is 5.29. The number of carbonyl (C=O) groups is 1. The standard InChI is InChI=1S/C22H27N3O3/c1-2-7-21(19-9-4-3-5-10-19)22(26)24-14-12-23(13-15-24)17-18-8-6-11-20(16-18)25(27)28/h3-6,8-11,16,21H,2,7,12-15,17H2,1H3. The fraction of sp³-hybridized carbons (Fsp3) is 0.409. The molecule has 0 N–H and O–H groups in total. The molecule has 0 bridgehead atoms. The predicted molar refractivity (Wildman–Crippen MR) is 109 cm³/mol. The smallest absolute Gasteiger partial charge is 0.269 e. The number of nitro groups is 1. The number of hydrogen-bond donors (Lipinski definition) is 0. The van der Waals surface area contributed by atoms with Gasteiger partial charge in [0, 0.05) is 44.9 Å². The van der Waals surface area contributed by atoms with Crippen LogP contribution >= 0.6 is 0 Å². The molecule has 28 heavy (non-hydrogen) atoms. The van der Waals surface area contributed by atoms with Gasteiger partial charge in [-0.1, -0.05) is 55.8 Å². The lowest BCUT2D eigenvalue weighted by Gasteiger charge is -2.36. The van der Waals surface area contributed by atoms with Crippen molar-refractivity contribution in [2.75, 3.05) is 26.2 Å². The minimum Gasteiger partial charge on any atom is -0.340 e. The zero-order valence-electron chi connectivity index (χ0n) is 16.3. The summed E-state index contributed by atoms with van der Waals surface area (Å²) in [5.41, 5.74) is 2.15. The summed E-state index contributed by atoms with van der Waals surface area (Å²) < 4.78 is 0. The van der Waals surface area contributed by atoms with E-state index in [1.165, 1.54) is 6.07 Å². The number of amides is 1. The topological polar surface area (TPSA) is 66.7 Å². The van der Waals surface area contributed by atoms with Crippen molar-refractivity contribution in [1.82, 2.24) is 9.80 Å². The van der Waals surface area contributed by atoms with Crippen molar-refractivity contribution in [1.29, 1.82) is 0 Å². The Morgan fingerprint density at radius 2 is 1.79 bits per heavy atom. The maximum atomic E-state index is 13.1. The van der Waals surface area contributed by atoms with E-state index in [2.05, 4.69) is 11.8 Å². The fourth-order valence-electron chi connectivity index (χ4n) is 3.78. The SMILES string of the molecule is CCCC(C(=O)N1CCN(Cc2cccc([N+](=O)[O-])c2)CC1)c1ccccc1. The molecule has 1 fully saturated rings. The molecule has 1 heterocycles. The highest BCUT2D eigenvalue weighted by molar-refractivity contribution is 5.83. The van der Waals surface area contributed by atoms with Crippen LogP contribution in [0.3, 0.4) is 0 Å². The Labute approximate surface area is 165 Å². The minimum atomic E-state index is -0.364. The second kappa shape index (κ2) is 9.46. The number of nitrogens with zero attached hydrogens (tertiary/aromatic N) is 3. The lowest BCUT2D eigenvalue weighted by atomic mass is 9.93. The Balaban J connectivity index is 1.59. The van der Waals surface area contributed by atoms with Crippen LogP contribution in [0.5, 0.6) is 0 Å². The quantitative estimate of drug-likeness (QED) is 0.540. The molecule has 1 aliphatic heterocycles. The van der Waals surface area contributed by atoms with Gasteiger partial charge in [-0.2, -0.15) is 0 Å². The van der Waals surface area contributed by atoms with Crippen LogP contribution < -0.4 is 0 Å². The molecular weight excluding hydrogens is 354 g/mol. The van der Waals surface area contributed by atoms with Crippen LogP contribution in [0.2, 0.25) is 0 Å². The number of hydrogen-bond acceptors (Lipinski definition) is 4. The Kier molecular flexibility index (Phi) is 6.76. The first-order chi connectivity index (χ1) is 13.6. The highest BCUT2D eigenvalue weighted by Crippen LogP contribution is 2.25. The average Bonchev–Trinajstić information content (AvgIpc) is 2.73. The van der Waals surface area contributed by atoms with E-state index in [0.29, 0.717) is 19.6 Å². The van der Waals surface area contributed by atoms with Gasteiger partial charge < -0.3 is 4.90 Å². The van der Waals surface area contributed by atoms with E-state index in [-0.39, 0.29) is 22.4 Å². The minimum absolute atomic E-state index is 0.0745. The van der Waals surface area contributed by atoms with Crippen molar-refractivity contribution >= 4 is 11.6 Å². The van der Waals surface area contributed by atoms with E-state index in [9.17, 15) is 14.9 Å². The van der Waals surface area contributed by atoms with Gasteiger partial charge in [-0.3, -0.25) is 19.8 Å². The third kappa shape index (κ3) is 4.95. The average molecular weight is 381 g/mol. The van der Waals surface area contributed by atoms with Crippen LogP contribution in [-0.4, -0.2) is 46.8 Å². The summed E-state index contributed by atoms with van der Waals surface area (Å²) in [5.74, 6) is 0.137. The van der Waals surface area contributed by atoms with Crippen molar-refractivity contribution in [2.24, 2.45) is 0 Å². The summed E-state index contributed by atoms with van der Waals surface area (Å²) in [6.07, 6.45) is 1.83. The summed E-state index contributed by atoms with van der Waals surface area (Å²) in [6, 6.07) is 16.8. The number of piperazine rings is 1. The number of rotatable bonds is 7. The number of carbonyl (C=O) groups excluding carboxylic acids is 1. The molecule has 6 nitrogen and oxygen atoms in total. The molecule has 148 valence electrons. The second-order valence-electron chi connectivity index (χ2n) is 7.28. The molecule has 1 unspecified atom stereocenters. The monoisotopic (exact) mass is 381 g/mol. The molecular formula is C22H27N3O3. The Morgan fingerprint density at radius 3 is 2.43 bits per heavy atom. The van der Waals surface area contributed by atoms with E-state index < -0.39 is 0 Å². The van der Waals surface area contributed by atoms with Crippen molar-refractivity contribution in [3.8, 4) is 0 Å². The molecule has 2 aromatic carbocycles. The summed E-state index contributed by atoms with van der Waals surface area (Å²) >= 11 is 0. The van der Waals surface area contributed by atoms with Gasteiger partial charge in [0.25, 0.3) is 5.69 Å². The van der Waals surface area contributed by atoms with Gasteiger partial charge in [-0.25, -0.2) is 0 Å². The first-order valence-corrected chi connectivity index (χ1v) is 9.88. The Morgan fingerprint density at radius 1 is 1.07 bits per heavy atom. The van der Waals surface area contributed by atoms with Crippen molar-refractivity contribution in [3.63, 3.8) is 0 Å². The fourth-order valence-corrected chi connectivity index (χ4v) is 3.78. The van der Waals surface area contributed by atoms with Crippen molar-refractivity contribution < 1.29 is 9.72 Å². The maximum absolute atomic E-state index is 13.1. The molecule has 1 atom stereocenters. The summed E-state index contributed by atoms with van der Waals surface area (Å²) in [7, 11) is 0. The molecule has 0 spiro atoms. The van der Waals surface area contributed by atoms with Gasteiger partial charge >= 0.3 is 0 Å². The van der Waals surface area contributed by atoms with E-state index in [4.69, 9.17) is 0 Å². The Bertz CT molecular complexity index is 802. The molecule has 0 saturated carbocycles. The predicted octanol–water partition coefficient (Wildman–Crippen LogP) is 3.82. The normalized spacial score (nSPS) is 16.0. The zero-order chi connectivity index (χ0) is 19.9. The summed E-state index contributed by atoms with van der Waals surface area (Å²) in [6.45, 7) is 5.73. The lowest BCUT2D eigenvalue weighted by Crippen LogP contribution is -2.49. The summed E-state index contributed by atoms with van der Waals surface area (Å²) in [4.78, 5) is 27.9. The van der Waals surface area contributed by atoms with E-state index in [1.807, 2.05) is 41.3 Å². The molecule has 2 aromatic rings. The molecule has 3 rings (SSSR count). The largest absolute Gasteiger partial charge is 0.340 e. The maximum Gasteiger partial charge on any atom is 0.269 e. The van der Waals surface area contributed by atoms with Gasteiger partial charge in [0.1, 0.15) is 0 Å². The molecule has 1 amide bonds. The van der Waals surface area contributed by atoms with E-state index >= 15 is 0 Å². The first kappa shape index (κ1) is 20.0. The van der Waals surface area contributed by atoms with Gasteiger partial charge in [-0.15, -0.1) is 0 Å². The third-order valence-corrected chi connectivity index (χ3v) is 5.29. The number of non-ortho nitro benzene ring substituents is 1. The van der Waals surface area contributed by atoms with Crippen LogP contribution in [0.15, 0.2) is 54.6 Å². The van der Waals surface area contributed by atoms with Crippen molar-refractivity contribution in [3.05, 3.63) is 75.8 Å². The molecule has 1 aliphatic rings. The van der Waals surface area contributed by atoms with Crippen LogP contribution in [0.1, 0.15) is 36.8 Å². The molecule has 0 radical (unpaired) electrons. The van der Waals surface area contributed by atoms with Gasteiger partial charge in [0.05, 0.1) is 10.8 Å². The molecule has 0 aromatic heterocycles. The highest BCUT2D eigenvalue weighted by Gasteiger charge is 2.28. The lowest BCUT2D eigenvalue weighted by molar-refractivity contribution is -0.384. The van der Waals surface area contributed by atoms with Gasteiger partial charge in [-0.05, 0) is 17.5 Å². The molecule has 0 aliphatic carbocycles.